The van der Waals surface area contributed by atoms with Gasteiger partial charge in [-0.3, -0.25) is 9.89 Å². The fourth-order valence-corrected chi connectivity index (χ4v) is 2.56. The molecule has 0 spiro atoms. The Bertz CT molecular complexity index is 635. The van der Waals surface area contributed by atoms with E-state index in [-0.39, 0.29) is 5.91 Å². The molecule has 5 nitrogen and oxygen atoms in total. The van der Waals surface area contributed by atoms with Crippen LogP contribution in [-0.2, 0) is 6.42 Å². The quantitative estimate of drug-likeness (QED) is 0.787. The van der Waals surface area contributed by atoms with Crippen LogP contribution in [-0.4, -0.2) is 35.7 Å². The summed E-state index contributed by atoms with van der Waals surface area (Å²) in [7, 11) is 0. The molecule has 2 rings (SSSR count). The first-order valence-corrected chi connectivity index (χ1v) is 8.28. The maximum Gasteiger partial charge on any atom is 0.271 e. The third-order valence-electron chi connectivity index (χ3n) is 3.80. The van der Waals surface area contributed by atoms with Gasteiger partial charge >= 0.3 is 0 Å². The standard InChI is InChI=1S/C18H26N4O/c1-4-7-15-13-17(21-20-15)18(23)19-10-11-22(5-2)16-9-6-8-14(3)12-16/h6,8-9,12-13H,4-5,7,10-11H2,1-3H3,(H,19,23)(H,20,21). The summed E-state index contributed by atoms with van der Waals surface area (Å²) in [6.45, 7) is 8.58. The summed E-state index contributed by atoms with van der Waals surface area (Å²) >= 11 is 0. The number of benzene rings is 1. The normalized spacial score (nSPS) is 10.6. The summed E-state index contributed by atoms with van der Waals surface area (Å²) in [6, 6.07) is 10.2. The van der Waals surface area contributed by atoms with Crippen LogP contribution in [0.5, 0.6) is 0 Å². The second-order valence-electron chi connectivity index (χ2n) is 5.70. The highest BCUT2D eigenvalue weighted by Crippen LogP contribution is 2.15. The van der Waals surface area contributed by atoms with Crippen molar-refractivity contribution in [1.29, 1.82) is 0 Å². The van der Waals surface area contributed by atoms with Crippen LogP contribution in [0.1, 0.15) is 42.0 Å². The lowest BCUT2D eigenvalue weighted by atomic mass is 10.2. The van der Waals surface area contributed by atoms with E-state index in [0.717, 1.165) is 31.6 Å². The molecule has 0 aliphatic rings. The SMILES string of the molecule is CCCc1cc(C(=O)NCCN(CC)c2cccc(C)c2)n[nH]1. The van der Waals surface area contributed by atoms with Crippen molar-refractivity contribution >= 4 is 11.6 Å². The molecule has 0 radical (unpaired) electrons. The number of H-pyrrole nitrogens is 1. The lowest BCUT2D eigenvalue weighted by Gasteiger charge is -2.23. The molecule has 1 amide bonds. The summed E-state index contributed by atoms with van der Waals surface area (Å²) in [4.78, 5) is 14.4. The van der Waals surface area contributed by atoms with Gasteiger partial charge in [0.15, 0.2) is 0 Å². The van der Waals surface area contributed by atoms with E-state index in [2.05, 4.69) is 65.5 Å². The second kappa shape index (κ2) is 8.36. The van der Waals surface area contributed by atoms with Crippen molar-refractivity contribution in [2.45, 2.75) is 33.6 Å². The Morgan fingerprint density at radius 1 is 1.30 bits per heavy atom. The molecule has 1 aromatic heterocycles. The maximum absolute atomic E-state index is 12.1. The lowest BCUT2D eigenvalue weighted by molar-refractivity contribution is 0.0949. The van der Waals surface area contributed by atoms with Gasteiger partial charge in [0.2, 0.25) is 0 Å². The number of aromatic amines is 1. The summed E-state index contributed by atoms with van der Waals surface area (Å²) in [5.41, 5.74) is 3.90. The van der Waals surface area contributed by atoms with Crippen molar-refractivity contribution in [2.75, 3.05) is 24.5 Å². The van der Waals surface area contributed by atoms with Gasteiger partial charge in [-0.25, -0.2) is 0 Å². The van der Waals surface area contributed by atoms with Gasteiger partial charge in [-0.2, -0.15) is 5.10 Å². The van der Waals surface area contributed by atoms with Gasteiger partial charge < -0.3 is 10.2 Å². The second-order valence-corrected chi connectivity index (χ2v) is 5.70. The highest BCUT2D eigenvalue weighted by atomic mass is 16.1. The van der Waals surface area contributed by atoms with E-state index in [9.17, 15) is 4.79 Å². The lowest BCUT2D eigenvalue weighted by Crippen LogP contribution is -2.35. The zero-order valence-corrected chi connectivity index (χ0v) is 14.2. The number of carbonyl (C=O) groups is 1. The van der Waals surface area contributed by atoms with E-state index < -0.39 is 0 Å². The van der Waals surface area contributed by atoms with Crippen LogP contribution in [0.3, 0.4) is 0 Å². The molecule has 1 aromatic carbocycles. The van der Waals surface area contributed by atoms with Crippen molar-refractivity contribution in [3.05, 3.63) is 47.3 Å². The number of hydrogen-bond acceptors (Lipinski definition) is 3. The zero-order chi connectivity index (χ0) is 16.7. The Labute approximate surface area is 138 Å². The zero-order valence-electron chi connectivity index (χ0n) is 14.2. The molecule has 23 heavy (non-hydrogen) atoms. The first-order valence-electron chi connectivity index (χ1n) is 8.28. The molecule has 124 valence electrons. The van der Waals surface area contributed by atoms with Gasteiger partial charge in [-0.1, -0.05) is 25.5 Å². The van der Waals surface area contributed by atoms with E-state index in [1.807, 2.05) is 6.07 Å². The highest BCUT2D eigenvalue weighted by molar-refractivity contribution is 5.92. The predicted octanol–water partition coefficient (Wildman–Crippen LogP) is 2.93. The fraction of sp³-hybridized carbons (Fsp3) is 0.444. The summed E-state index contributed by atoms with van der Waals surface area (Å²) in [5, 5.41) is 9.92. The molecule has 2 N–H and O–H groups in total. The van der Waals surface area contributed by atoms with Gasteiger partial charge in [0.25, 0.3) is 5.91 Å². The smallest absolute Gasteiger partial charge is 0.271 e. The molecular formula is C18H26N4O. The van der Waals surface area contributed by atoms with E-state index in [1.54, 1.807) is 0 Å². The van der Waals surface area contributed by atoms with Crippen molar-refractivity contribution in [1.82, 2.24) is 15.5 Å². The Morgan fingerprint density at radius 3 is 2.83 bits per heavy atom. The molecule has 1 heterocycles. The largest absolute Gasteiger partial charge is 0.370 e. The summed E-state index contributed by atoms with van der Waals surface area (Å²) in [5.74, 6) is -0.121. The number of anilines is 1. The number of aryl methyl sites for hydroxylation is 2. The Balaban J connectivity index is 1.86. The Kier molecular flexibility index (Phi) is 6.20. The van der Waals surface area contributed by atoms with Crippen molar-refractivity contribution in [3.8, 4) is 0 Å². The third-order valence-corrected chi connectivity index (χ3v) is 3.80. The first kappa shape index (κ1) is 17.1. The van der Waals surface area contributed by atoms with Gasteiger partial charge in [-0.15, -0.1) is 0 Å². The minimum Gasteiger partial charge on any atom is -0.370 e. The summed E-state index contributed by atoms with van der Waals surface area (Å²) in [6.07, 6.45) is 1.95. The monoisotopic (exact) mass is 314 g/mol. The number of carbonyl (C=O) groups excluding carboxylic acids is 1. The topological polar surface area (TPSA) is 61.0 Å². The fourth-order valence-electron chi connectivity index (χ4n) is 2.56. The van der Waals surface area contributed by atoms with E-state index >= 15 is 0 Å². The van der Waals surface area contributed by atoms with E-state index in [1.165, 1.54) is 11.3 Å². The molecule has 0 aliphatic carbocycles. The number of hydrogen-bond donors (Lipinski definition) is 2. The van der Waals surface area contributed by atoms with Crippen LogP contribution < -0.4 is 10.2 Å². The van der Waals surface area contributed by atoms with Crippen LogP contribution in [0.15, 0.2) is 30.3 Å². The average Bonchev–Trinajstić information content (AvgIpc) is 3.00. The minimum absolute atomic E-state index is 0.121. The van der Waals surface area contributed by atoms with Gasteiger partial charge in [0.05, 0.1) is 0 Å². The maximum atomic E-state index is 12.1. The van der Waals surface area contributed by atoms with Crippen molar-refractivity contribution < 1.29 is 4.79 Å². The molecule has 0 unspecified atom stereocenters. The third kappa shape index (κ3) is 4.84. The molecule has 0 bridgehead atoms. The molecule has 0 aliphatic heterocycles. The predicted molar refractivity (Wildman–Crippen MR) is 94.0 cm³/mol. The number of nitrogens with zero attached hydrogens (tertiary/aromatic N) is 2. The molecule has 0 saturated carbocycles. The minimum atomic E-state index is -0.121. The van der Waals surface area contributed by atoms with Gasteiger partial charge in [-0.05, 0) is 44.0 Å². The average molecular weight is 314 g/mol. The Morgan fingerprint density at radius 2 is 2.13 bits per heavy atom. The van der Waals surface area contributed by atoms with Crippen LogP contribution in [0.25, 0.3) is 0 Å². The molecular weight excluding hydrogens is 288 g/mol. The first-order chi connectivity index (χ1) is 11.1. The molecule has 0 saturated heterocycles. The highest BCUT2D eigenvalue weighted by Gasteiger charge is 2.10. The van der Waals surface area contributed by atoms with E-state index in [4.69, 9.17) is 0 Å². The van der Waals surface area contributed by atoms with Crippen LogP contribution in [0, 0.1) is 6.92 Å². The van der Waals surface area contributed by atoms with Crippen LogP contribution >= 0.6 is 0 Å². The molecule has 2 aromatic rings. The van der Waals surface area contributed by atoms with Crippen LogP contribution in [0.2, 0.25) is 0 Å². The number of nitrogens with one attached hydrogen (secondary N) is 2. The number of likely N-dealkylation sites (N-methyl/N-ethyl adjacent to an activating group) is 1. The van der Waals surface area contributed by atoms with E-state index in [0.29, 0.717) is 12.2 Å². The van der Waals surface area contributed by atoms with Crippen LogP contribution in [0.4, 0.5) is 5.69 Å². The van der Waals surface area contributed by atoms with Crippen molar-refractivity contribution in [3.63, 3.8) is 0 Å². The van der Waals surface area contributed by atoms with Gasteiger partial charge in [0.1, 0.15) is 5.69 Å². The number of rotatable bonds is 8. The molecule has 5 heteroatoms. The van der Waals surface area contributed by atoms with Gasteiger partial charge in [0, 0.05) is 31.0 Å². The van der Waals surface area contributed by atoms with Crippen molar-refractivity contribution in [2.24, 2.45) is 0 Å². The summed E-state index contributed by atoms with van der Waals surface area (Å²) < 4.78 is 0. The number of aromatic nitrogens is 2. The Hall–Kier alpha value is -2.30. The molecule has 0 fully saturated rings. The molecule has 0 atom stereocenters. The number of amides is 1.